The lowest BCUT2D eigenvalue weighted by atomic mass is 10.2. The van der Waals surface area contributed by atoms with Gasteiger partial charge in [-0.2, -0.15) is 4.98 Å². The number of para-hydroxylation sites is 1. The van der Waals surface area contributed by atoms with Crippen LogP contribution in [0.2, 0.25) is 0 Å². The summed E-state index contributed by atoms with van der Waals surface area (Å²) >= 11 is 0. The van der Waals surface area contributed by atoms with Gasteiger partial charge in [0.1, 0.15) is 11.6 Å². The monoisotopic (exact) mass is 352 g/mol. The molecule has 0 saturated carbocycles. The van der Waals surface area contributed by atoms with E-state index >= 15 is 0 Å². The summed E-state index contributed by atoms with van der Waals surface area (Å²) in [7, 11) is 1.32. The second-order valence-corrected chi connectivity index (χ2v) is 5.52. The Labute approximate surface area is 150 Å². The van der Waals surface area contributed by atoms with Crippen LogP contribution in [0.25, 0.3) is 0 Å². The van der Waals surface area contributed by atoms with E-state index in [1.807, 2.05) is 6.92 Å². The number of anilines is 4. The predicted molar refractivity (Wildman–Crippen MR) is 97.5 cm³/mol. The molecule has 0 saturated heterocycles. The molecular weight excluding hydrogens is 335 g/mol. The van der Waals surface area contributed by atoms with Crippen molar-refractivity contribution < 1.29 is 13.9 Å². The molecule has 0 spiro atoms. The van der Waals surface area contributed by atoms with Crippen LogP contribution in [-0.2, 0) is 4.74 Å². The minimum Gasteiger partial charge on any atom is -0.465 e. The maximum Gasteiger partial charge on any atom is 0.339 e. The fraction of sp³-hybridized carbons (Fsp3) is 0.105. The standard InChI is InChI=1S/C19H17FN4O2/c1-12-10-17(22-14-7-5-6-13(20)11-14)24-19(21-12)23-16-9-4-3-8-15(16)18(25)26-2/h3-11H,1-2H3,(H2,21,22,23,24). The van der Waals surface area contributed by atoms with Gasteiger partial charge in [-0.3, -0.25) is 0 Å². The molecule has 0 radical (unpaired) electrons. The summed E-state index contributed by atoms with van der Waals surface area (Å²) in [4.78, 5) is 20.6. The summed E-state index contributed by atoms with van der Waals surface area (Å²) in [6.45, 7) is 1.82. The smallest absolute Gasteiger partial charge is 0.339 e. The van der Waals surface area contributed by atoms with Crippen LogP contribution >= 0.6 is 0 Å². The first kappa shape index (κ1) is 17.3. The molecule has 1 heterocycles. The van der Waals surface area contributed by atoms with Gasteiger partial charge in [-0.1, -0.05) is 18.2 Å². The zero-order chi connectivity index (χ0) is 18.5. The number of benzene rings is 2. The van der Waals surface area contributed by atoms with Crippen molar-refractivity contribution in [1.82, 2.24) is 9.97 Å². The van der Waals surface area contributed by atoms with Crippen LogP contribution in [-0.4, -0.2) is 23.0 Å². The number of aryl methyl sites for hydroxylation is 1. The summed E-state index contributed by atoms with van der Waals surface area (Å²) in [5.74, 6) is 0.00593. The van der Waals surface area contributed by atoms with Gasteiger partial charge in [0.2, 0.25) is 5.95 Å². The third-order valence-electron chi connectivity index (χ3n) is 3.53. The normalized spacial score (nSPS) is 10.3. The molecule has 0 aliphatic carbocycles. The Balaban J connectivity index is 1.88. The lowest BCUT2D eigenvalue weighted by Gasteiger charge is -2.12. The molecule has 3 aromatic rings. The van der Waals surface area contributed by atoms with Crippen molar-refractivity contribution in [2.45, 2.75) is 6.92 Å². The average Bonchev–Trinajstić information content (AvgIpc) is 2.61. The summed E-state index contributed by atoms with van der Waals surface area (Å²) in [5.41, 5.74) is 2.18. The van der Waals surface area contributed by atoms with Crippen molar-refractivity contribution in [3.8, 4) is 0 Å². The van der Waals surface area contributed by atoms with Crippen molar-refractivity contribution in [1.29, 1.82) is 0 Å². The number of rotatable bonds is 5. The Morgan fingerprint density at radius 2 is 1.85 bits per heavy atom. The summed E-state index contributed by atoms with van der Waals surface area (Å²) in [6.07, 6.45) is 0. The molecule has 132 valence electrons. The van der Waals surface area contributed by atoms with E-state index in [-0.39, 0.29) is 5.82 Å². The van der Waals surface area contributed by atoms with E-state index in [9.17, 15) is 9.18 Å². The summed E-state index contributed by atoms with van der Waals surface area (Å²) in [6, 6.07) is 14.7. The minimum atomic E-state index is -0.459. The molecule has 0 bridgehead atoms. The summed E-state index contributed by atoms with van der Waals surface area (Å²) < 4.78 is 18.1. The number of nitrogens with one attached hydrogen (secondary N) is 2. The van der Waals surface area contributed by atoms with E-state index < -0.39 is 5.97 Å². The Bertz CT molecular complexity index is 946. The number of halogens is 1. The van der Waals surface area contributed by atoms with Crippen LogP contribution in [0.4, 0.5) is 27.5 Å². The Hall–Kier alpha value is -3.48. The molecule has 7 heteroatoms. The number of methoxy groups -OCH3 is 1. The van der Waals surface area contributed by atoms with Gasteiger partial charge in [0.25, 0.3) is 0 Å². The average molecular weight is 352 g/mol. The Kier molecular flexibility index (Phi) is 5.07. The number of esters is 1. The van der Waals surface area contributed by atoms with E-state index in [1.165, 1.54) is 19.2 Å². The third kappa shape index (κ3) is 4.13. The van der Waals surface area contributed by atoms with Crippen LogP contribution in [0.15, 0.2) is 54.6 Å². The predicted octanol–water partition coefficient (Wildman–Crippen LogP) is 4.20. The van der Waals surface area contributed by atoms with E-state index in [0.717, 1.165) is 0 Å². The molecule has 0 aliphatic heterocycles. The maximum atomic E-state index is 13.3. The number of hydrogen-bond acceptors (Lipinski definition) is 6. The Morgan fingerprint density at radius 3 is 2.62 bits per heavy atom. The van der Waals surface area contributed by atoms with Crippen LogP contribution in [0, 0.1) is 12.7 Å². The second kappa shape index (κ2) is 7.60. The molecule has 2 aromatic carbocycles. The van der Waals surface area contributed by atoms with Crippen LogP contribution < -0.4 is 10.6 Å². The fourth-order valence-corrected chi connectivity index (χ4v) is 2.40. The number of ether oxygens (including phenoxy) is 1. The van der Waals surface area contributed by atoms with Gasteiger partial charge in [-0.25, -0.2) is 14.2 Å². The molecule has 6 nitrogen and oxygen atoms in total. The van der Waals surface area contributed by atoms with Gasteiger partial charge >= 0.3 is 5.97 Å². The van der Waals surface area contributed by atoms with Gasteiger partial charge in [0.05, 0.1) is 18.4 Å². The third-order valence-corrected chi connectivity index (χ3v) is 3.53. The van der Waals surface area contributed by atoms with Gasteiger partial charge in [-0.15, -0.1) is 0 Å². The van der Waals surface area contributed by atoms with E-state index in [4.69, 9.17) is 4.74 Å². The minimum absolute atomic E-state index is 0.306. The quantitative estimate of drug-likeness (QED) is 0.670. The largest absolute Gasteiger partial charge is 0.465 e. The zero-order valence-corrected chi connectivity index (χ0v) is 14.3. The first-order valence-corrected chi connectivity index (χ1v) is 7.88. The van der Waals surface area contributed by atoms with Gasteiger partial charge in [0, 0.05) is 17.4 Å². The highest BCUT2D eigenvalue weighted by molar-refractivity contribution is 5.96. The molecule has 3 rings (SSSR count). The molecule has 26 heavy (non-hydrogen) atoms. The number of nitrogens with zero attached hydrogens (tertiary/aromatic N) is 2. The number of aromatic nitrogens is 2. The second-order valence-electron chi connectivity index (χ2n) is 5.52. The molecule has 0 fully saturated rings. The highest BCUT2D eigenvalue weighted by atomic mass is 19.1. The van der Waals surface area contributed by atoms with Crippen molar-refractivity contribution in [3.63, 3.8) is 0 Å². The van der Waals surface area contributed by atoms with Gasteiger partial charge in [-0.05, 0) is 37.3 Å². The maximum absolute atomic E-state index is 13.3. The van der Waals surface area contributed by atoms with Crippen LogP contribution in [0.5, 0.6) is 0 Å². The Morgan fingerprint density at radius 1 is 1.04 bits per heavy atom. The molecular formula is C19H17FN4O2. The highest BCUT2D eigenvalue weighted by Gasteiger charge is 2.12. The SMILES string of the molecule is COC(=O)c1ccccc1Nc1nc(C)cc(Nc2cccc(F)c2)n1. The van der Waals surface area contributed by atoms with Crippen molar-refractivity contribution in [2.75, 3.05) is 17.7 Å². The van der Waals surface area contributed by atoms with Crippen molar-refractivity contribution in [2.24, 2.45) is 0 Å². The fourth-order valence-electron chi connectivity index (χ4n) is 2.40. The van der Waals surface area contributed by atoms with E-state index in [1.54, 1.807) is 42.5 Å². The van der Waals surface area contributed by atoms with E-state index in [0.29, 0.717) is 34.4 Å². The number of carbonyl (C=O) groups excluding carboxylic acids is 1. The number of carbonyl (C=O) groups is 1. The van der Waals surface area contributed by atoms with Crippen LogP contribution in [0.3, 0.4) is 0 Å². The molecule has 0 amide bonds. The molecule has 2 N–H and O–H groups in total. The van der Waals surface area contributed by atoms with Crippen LogP contribution in [0.1, 0.15) is 16.1 Å². The first-order valence-electron chi connectivity index (χ1n) is 7.88. The van der Waals surface area contributed by atoms with E-state index in [2.05, 4.69) is 20.6 Å². The molecule has 1 aromatic heterocycles. The highest BCUT2D eigenvalue weighted by Crippen LogP contribution is 2.22. The topological polar surface area (TPSA) is 76.1 Å². The molecule has 0 aliphatic rings. The molecule has 0 atom stereocenters. The lowest BCUT2D eigenvalue weighted by molar-refractivity contribution is 0.0602. The van der Waals surface area contributed by atoms with Gasteiger partial charge < -0.3 is 15.4 Å². The van der Waals surface area contributed by atoms with Crippen molar-refractivity contribution in [3.05, 3.63) is 71.7 Å². The zero-order valence-electron chi connectivity index (χ0n) is 14.3. The van der Waals surface area contributed by atoms with Gasteiger partial charge in [0.15, 0.2) is 0 Å². The van der Waals surface area contributed by atoms with Crippen molar-refractivity contribution >= 4 is 29.1 Å². The molecule has 0 unspecified atom stereocenters. The first-order chi connectivity index (χ1) is 12.5. The summed E-state index contributed by atoms with van der Waals surface area (Å²) in [5, 5.41) is 6.07. The lowest BCUT2D eigenvalue weighted by Crippen LogP contribution is -2.08. The number of hydrogen-bond donors (Lipinski definition) is 2.